The lowest BCUT2D eigenvalue weighted by Crippen LogP contribution is -2.51. The first-order valence-corrected chi connectivity index (χ1v) is 13.0. The Balaban J connectivity index is 2.04. The number of aliphatic hydroxyl groups is 1. The third kappa shape index (κ3) is 5.68. The molecule has 2 amide bonds. The van der Waals surface area contributed by atoms with Crippen molar-refractivity contribution in [1.29, 1.82) is 0 Å². The molecular weight excluding hydrogens is 456 g/mol. The summed E-state index contributed by atoms with van der Waals surface area (Å²) < 4.78 is 34.8. The molecule has 1 aromatic carbocycles. The van der Waals surface area contributed by atoms with E-state index in [-0.39, 0.29) is 42.3 Å². The zero-order valence-corrected chi connectivity index (χ0v) is 21.0. The van der Waals surface area contributed by atoms with Crippen LogP contribution in [-0.2, 0) is 10.0 Å². The summed E-state index contributed by atoms with van der Waals surface area (Å²) in [4.78, 5) is 18.1. The van der Waals surface area contributed by atoms with Gasteiger partial charge in [-0.3, -0.25) is 4.98 Å². The van der Waals surface area contributed by atoms with E-state index in [1.165, 1.54) is 4.31 Å². The summed E-state index contributed by atoms with van der Waals surface area (Å²) >= 11 is 0. The highest BCUT2D eigenvalue weighted by molar-refractivity contribution is 7.89. The number of nitrogens with one attached hydrogen (secondary N) is 1. The Labute approximate surface area is 201 Å². The number of amides is 2. The maximum Gasteiger partial charge on any atom is 0.317 e. The van der Waals surface area contributed by atoms with E-state index in [0.29, 0.717) is 6.54 Å². The van der Waals surface area contributed by atoms with Crippen molar-refractivity contribution in [2.45, 2.75) is 44.2 Å². The fourth-order valence-corrected chi connectivity index (χ4v) is 5.71. The lowest BCUT2D eigenvalue weighted by atomic mass is 10.0. The first kappa shape index (κ1) is 25.9. The molecular formula is C24H34N4O5S. The van der Waals surface area contributed by atoms with Crippen molar-refractivity contribution < 1.29 is 23.1 Å². The zero-order chi connectivity index (χ0) is 24.9. The second kappa shape index (κ2) is 11.2. The molecule has 2 aromatic rings. The van der Waals surface area contributed by atoms with Gasteiger partial charge in [-0.25, -0.2) is 13.2 Å². The quantitative estimate of drug-likeness (QED) is 0.617. The van der Waals surface area contributed by atoms with Crippen molar-refractivity contribution in [3.63, 3.8) is 0 Å². The smallest absolute Gasteiger partial charge is 0.317 e. The van der Waals surface area contributed by atoms with E-state index in [2.05, 4.69) is 10.3 Å². The van der Waals surface area contributed by atoms with Crippen LogP contribution in [0.3, 0.4) is 0 Å². The van der Waals surface area contributed by atoms with Gasteiger partial charge in [-0.05, 0) is 48.7 Å². The van der Waals surface area contributed by atoms with Crippen molar-refractivity contribution >= 4 is 16.1 Å². The van der Waals surface area contributed by atoms with Crippen LogP contribution in [0, 0.1) is 5.92 Å². The van der Waals surface area contributed by atoms with Crippen molar-refractivity contribution in [3.8, 4) is 16.9 Å². The Kier molecular flexibility index (Phi) is 8.51. The number of hydrogen-bond donors (Lipinski definition) is 2. The van der Waals surface area contributed by atoms with E-state index < -0.39 is 22.2 Å². The molecule has 0 radical (unpaired) electrons. The highest BCUT2D eigenvalue weighted by atomic mass is 32.2. The van der Waals surface area contributed by atoms with Gasteiger partial charge in [-0.1, -0.05) is 19.9 Å². The Morgan fingerprint density at radius 1 is 1.29 bits per heavy atom. The summed E-state index contributed by atoms with van der Waals surface area (Å²) in [5, 5.41) is 12.6. The van der Waals surface area contributed by atoms with E-state index >= 15 is 0 Å². The van der Waals surface area contributed by atoms with Crippen LogP contribution in [0.1, 0.15) is 27.2 Å². The third-order valence-electron chi connectivity index (χ3n) is 6.01. The number of carbonyl (C=O) groups excluding carboxylic acids is 1. The van der Waals surface area contributed by atoms with Gasteiger partial charge in [0.05, 0.1) is 13.2 Å². The normalized spacial score (nSPS) is 20.9. The molecule has 2 heterocycles. The molecule has 0 aliphatic carbocycles. The number of aliphatic hydroxyl groups excluding tert-OH is 1. The minimum Gasteiger partial charge on any atom is -0.487 e. The van der Waals surface area contributed by atoms with Gasteiger partial charge in [0.2, 0.25) is 10.0 Å². The Morgan fingerprint density at radius 2 is 2.00 bits per heavy atom. The standard InChI is InChI=1S/C24H34N4O5S/c1-5-10-26-24(30)27(4)15-22-17(2)14-28(18(3)16-29)34(31,32)23-7-6-20(13-21(23)33-22)19-8-11-25-12-9-19/h6-9,11-13,17-18,22,29H,5,10,14-16H2,1-4H3,(H,26,30)/t17-,18+,22+/m0/s1. The third-order valence-corrected chi connectivity index (χ3v) is 8.03. The van der Waals surface area contributed by atoms with Crippen LogP contribution in [-0.4, -0.2) is 79.2 Å². The Hall–Kier alpha value is -2.69. The summed E-state index contributed by atoms with van der Waals surface area (Å²) in [7, 11) is -2.23. The zero-order valence-electron chi connectivity index (χ0n) is 20.1. The number of sulfonamides is 1. The fraction of sp³-hybridized carbons (Fsp3) is 0.500. The van der Waals surface area contributed by atoms with Crippen LogP contribution in [0.2, 0.25) is 0 Å². The molecule has 0 bridgehead atoms. The van der Waals surface area contributed by atoms with E-state index in [4.69, 9.17) is 4.74 Å². The van der Waals surface area contributed by atoms with Gasteiger partial charge in [-0.2, -0.15) is 4.31 Å². The number of likely N-dealkylation sites (N-methyl/N-ethyl adjacent to an activating group) is 1. The molecule has 186 valence electrons. The maximum absolute atomic E-state index is 13.6. The van der Waals surface area contributed by atoms with Crippen LogP contribution in [0.5, 0.6) is 5.75 Å². The predicted octanol–water partition coefficient (Wildman–Crippen LogP) is 2.57. The molecule has 1 aliphatic rings. The molecule has 0 spiro atoms. The number of nitrogens with zero attached hydrogens (tertiary/aromatic N) is 3. The molecule has 3 rings (SSSR count). The second-order valence-electron chi connectivity index (χ2n) is 8.75. The molecule has 1 aromatic heterocycles. The number of hydrogen-bond acceptors (Lipinski definition) is 6. The molecule has 3 atom stereocenters. The molecule has 1 aliphatic heterocycles. The van der Waals surface area contributed by atoms with Gasteiger partial charge in [0.15, 0.2) is 0 Å². The average Bonchev–Trinajstić information content (AvgIpc) is 2.84. The van der Waals surface area contributed by atoms with E-state index in [1.54, 1.807) is 49.5 Å². The predicted molar refractivity (Wildman–Crippen MR) is 130 cm³/mol. The molecule has 9 nitrogen and oxygen atoms in total. The minimum absolute atomic E-state index is 0.0422. The minimum atomic E-state index is -3.92. The molecule has 0 saturated heterocycles. The number of rotatable bonds is 7. The maximum atomic E-state index is 13.6. The number of fused-ring (bicyclic) bond motifs is 1. The highest BCUT2D eigenvalue weighted by Gasteiger charge is 2.38. The summed E-state index contributed by atoms with van der Waals surface area (Å²) in [5.41, 5.74) is 1.67. The van der Waals surface area contributed by atoms with Gasteiger partial charge in [-0.15, -0.1) is 0 Å². The van der Waals surface area contributed by atoms with Gasteiger partial charge < -0.3 is 20.1 Å². The molecule has 10 heteroatoms. The summed E-state index contributed by atoms with van der Waals surface area (Å²) in [6, 6.07) is 7.86. The molecule has 0 saturated carbocycles. The van der Waals surface area contributed by atoms with Crippen LogP contribution in [0.4, 0.5) is 4.79 Å². The van der Waals surface area contributed by atoms with E-state index in [1.807, 2.05) is 26.0 Å². The number of pyridine rings is 1. The molecule has 2 N–H and O–H groups in total. The molecule has 0 fully saturated rings. The van der Waals surface area contributed by atoms with E-state index in [0.717, 1.165) is 17.5 Å². The van der Waals surface area contributed by atoms with Gasteiger partial charge in [0.1, 0.15) is 16.7 Å². The van der Waals surface area contributed by atoms with Crippen molar-refractivity contribution in [2.75, 3.05) is 33.3 Å². The summed E-state index contributed by atoms with van der Waals surface area (Å²) in [6.45, 7) is 6.25. The number of benzene rings is 1. The van der Waals surface area contributed by atoms with Crippen molar-refractivity contribution in [2.24, 2.45) is 5.92 Å². The lowest BCUT2D eigenvalue weighted by molar-refractivity contribution is 0.0813. The second-order valence-corrected chi connectivity index (χ2v) is 10.6. The number of ether oxygens (including phenoxy) is 1. The van der Waals surface area contributed by atoms with Crippen LogP contribution >= 0.6 is 0 Å². The lowest BCUT2D eigenvalue weighted by Gasteiger charge is -2.37. The number of urea groups is 1. The average molecular weight is 491 g/mol. The number of aromatic nitrogens is 1. The number of carbonyl (C=O) groups is 1. The van der Waals surface area contributed by atoms with Crippen LogP contribution in [0.25, 0.3) is 11.1 Å². The molecule has 0 unspecified atom stereocenters. The Bertz CT molecular complexity index is 1080. The van der Waals surface area contributed by atoms with Gasteiger partial charge >= 0.3 is 6.03 Å². The monoisotopic (exact) mass is 490 g/mol. The highest BCUT2D eigenvalue weighted by Crippen LogP contribution is 2.36. The van der Waals surface area contributed by atoms with Gasteiger partial charge in [0.25, 0.3) is 0 Å². The molecule has 34 heavy (non-hydrogen) atoms. The van der Waals surface area contributed by atoms with E-state index in [9.17, 15) is 18.3 Å². The van der Waals surface area contributed by atoms with Crippen molar-refractivity contribution in [3.05, 3.63) is 42.7 Å². The Morgan fingerprint density at radius 3 is 2.65 bits per heavy atom. The largest absolute Gasteiger partial charge is 0.487 e. The van der Waals surface area contributed by atoms with Crippen LogP contribution < -0.4 is 10.1 Å². The van der Waals surface area contributed by atoms with Crippen molar-refractivity contribution in [1.82, 2.24) is 19.5 Å². The SMILES string of the molecule is CCCNC(=O)N(C)C[C@H]1Oc2cc(-c3ccncc3)ccc2S(=O)(=O)N([C@H](C)CO)C[C@@H]1C. The summed E-state index contributed by atoms with van der Waals surface area (Å²) in [5.74, 6) is -0.0219. The van der Waals surface area contributed by atoms with Crippen LogP contribution in [0.15, 0.2) is 47.6 Å². The van der Waals surface area contributed by atoms with Gasteiger partial charge in [0, 0.05) is 44.5 Å². The fourth-order valence-electron chi connectivity index (χ4n) is 3.89. The summed E-state index contributed by atoms with van der Waals surface area (Å²) in [6.07, 6.45) is 3.70. The topological polar surface area (TPSA) is 112 Å². The first-order chi connectivity index (χ1) is 16.2. The first-order valence-electron chi connectivity index (χ1n) is 11.5.